The Labute approximate surface area is 110 Å². The van der Waals surface area contributed by atoms with Gasteiger partial charge >= 0.3 is 6.09 Å². The molecule has 104 valence electrons. The number of nitrogens with zero attached hydrogens (tertiary/aromatic N) is 2. The molecule has 1 aliphatic rings. The van der Waals surface area contributed by atoms with E-state index in [4.69, 9.17) is 4.74 Å². The Morgan fingerprint density at radius 3 is 2.58 bits per heavy atom. The van der Waals surface area contributed by atoms with Crippen LogP contribution in [0.5, 0.6) is 0 Å². The van der Waals surface area contributed by atoms with Gasteiger partial charge < -0.3 is 9.64 Å². The van der Waals surface area contributed by atoms with E-state index in [1.165, 1.54) is 4.90 Å². The third-order valence-corrected chi connectivity index (χ3v) is 2.76. The van der Waals surface area contributed by atoms with Crippen LogP contribution < -0.4 is 0 Å². The molecule has 1 fully saturated rings. The highest BCUT2D eigenvalue weighted by atomic mass is 19.1. The Kier molecular flexibility index (Phi) is 3.43. The summed E-state index contributed by atoms with van der Waals surface area (Å²) in [5.41, 5.74) is -0.358. The molecule has 0 aliphatic carbocycles. The molecule has 0 radical (unpaired) electrons. The van der Waals surface area contributed by atoms with Gasteiger partial charge in [0.05, 0.1) is 11.9 Å². The summed E-state index contributed by atoms with van der Waals surface area (Å²) in [4.78, 5) is 16.9. The normalized spacial score (nSPS) is 16.2. The monoisotopic (exact) mass is 270 g/mol. The van der Waals surface area contributed by atoms with Crippen molar-refractivity contribution in [3.63, 3.8) is 0 Å². The Morgan fingerprint density at radius 1 is 1.42 bits per heavy atom. The van der Waals surface area contributed by atoms with Gasteiger partial charge in [-0.15, -0.1) is 0 Å². The van der Waals surface area contributed by atoms with Gasteiger partial charge in [0, 0.05) is 25.1 Å². The first-order valence-electron chi connectivity index (χ1n) is 6.05. The number of rotatable bonds is 1. The Morgan fingerprint density at radius 2 is 2.05 bits per heavy atom. The summed E-state index contributed by atoms with van der Waals surface area (Å²) in [6, 6.07) is 0.804. The first-order chi connectivity index (χ1) is 8.76. The van der Waals surface area contributed by atoms with Crippen molar-refractivity contribution in [1.29, 1.82) is 0 Å². The summed E-state index contributed by atoms with van der Waals surface area (Å²) in [7, 11) is 0. The molecule has 0 aromatic carbocycles. The molecule has 1 aromatic heterocycles. The maximum Gasteiger partial charge on any atom is 0.410 e. The van der Waals surface area contributed by atoms with Crippen molar-refractivity contribution >= 4 is 6.09 Å². The van der Waals surface area contributed by atoms with E-state index in [2.05, 4.69) is 4.98 Å². The minimum Gasteiger partial charge on any atom is -0.444 e. The zero-order chi connectivity index (χ0) is 14.2. The van der Waals surface area contributed by atoms with E-state index in [0.717, 1.165) is 12.3 Å². The maximum atomic E-state index is 13.5. The summed E-state index contributed by atoms with van der Waals surface area (Å²) >= 11 is 0. The largest absolute Gasteiger partial charge is 0.444 e. The first kappa shape index (κ1) is 13.7. The smallest absolute Gasteiger partial charge is 0.410 e. The number of hydrogen-bond acceptors (Lipinski definition) is 3. The van der Waals surface area contributed by atoms with Gasteiger partial charge in [0.25, 0.3) is 0 Å². The van der Waals surface area contributed by atoms with E-state index >= 15 is 0 Å². The molecule has 0 N–H and O–H groups in total. The molecule has 0 atom stereocenters. The Balaban J connectivity index is 1.94. The van der Waals surface area contributed by atoms with Crippen LogP contribution in [0.3, 0.4) is 0 Å². The number of halogens is 2. The number of carbonyl (C=O) groups excluding carboxylic acids is 1. The second-order valence-corrected chi connectivity index (χ2v) is 5.60. The third-order valence-electron chi connectivity index (χ3n) is 2.76. The zero-order valence-electron chi connectivity index (χ0n) is 11.1. The number of likely N-dealkylation sites (tertiary alicyclic amines) is 1. The molecule has 0 spiro atoms. The van der Waals surface area contributed by atoms with Crippen LogP contribution >= 0.6 is 0 Å². The summed E-state index contributed by atoms with van der Waals surface area (Å²) in [6.45, 7) is 6.02. The molecular formula is C13H16F2N2O2. The van der Waals surface area contributed by atoms with Gasteiger partial charge in [0.2, 0.25) is 0 Å². The molecule has 1 aromatic rings. The van der Waals surface area contributed by atoms with E-state index in [-0.39, 0.29) is 11.6 Å². The van der Waals surface area contributed by atoms with E-state index in [0.29, 0.717) is 13.1 Å². The van der Waals surface area contributed by atoms with Gasteiger partial charge in [0.1, 0.15) is 17.2 Å². The SMILES string of the molecule is CC(C)(C)OC(=O)N1CC(c2ncc(F)cc2F)C1. The molecule has 0 unspecified atom stereocenters. The lowest BCUT2D eigenvalue weighted by molar-refractivity contribution is 0.00753. The second-order valence-electron chi connectivity index (χ2n) is 5.60. The lowest BCUT2D eigenvalue weighted by Crippen LogP contribution is -2.50. The standard InChI is InChI=1S/C13H16F2N2O2/c1-13(2,3)19-12(18)17-6-8(7-17)11-10(15)4-9(14)5-16-11/h4-5,8H,6-7H2,1-3H3. The van der Waals surface area contributed by atoms with Crippen LogP contribution in [0, 0.1) is 11.6 Å². The number of carbonyl (C=O) groups is 1. The van der Waals surface area contributed by atoms with Crippen molar-refractivity contribution in [3.8, 4) is 0 Å². The molecule has 4 nitrogen and oxygen atoms in total. The van der Waals surface area contributed by atoms with Crippen molar-refractivity contribution in [1.82, 2.24) is 9.88 Å². The first-order valence-corrected chi connectivity index (χ1v) is 6.05. The molecule has 19 heavy (non-hydrogen) atoms. The van der Waals surface area contributed by atoms with E-state index in [1.54, 1.807) is 20.8 Å². The van der Waals surface area contributed by atoms with Crippen molar-refractivity contribution in [2.45, 2.75) is 32.3 Å². The predicted octanol–water partition coefficient (Wildman–Crippen LogP) is 2.69. The molecule has 6 heteroatoms. The Bertz CT molecular complexity index is 494. The number of aromatic nitrogens is 1. The van der Waals surface area contributed by atoms with E-state index in [1.807, 2.05) is 0 Å². The van der Waals surface area contributed by atoms with Gasteiger partial charge in [-0.1, -0.05) is 0 Å². The molecular weight excluding hydrogens is 254 g/mol. The number of pyridine rings is 1. The second kappa shape index (κ2) is 4.75. The number of hydrogen-bond donors (Lipinski definition) is 0. The quantitative estimate of drug-likeness (QED) is 0.788. The molecule has 1 aliphatic heterocycles. The molecule has 2 rings (SSSR count). The minimum atomic E-state index is -0.704. The highest BCUT2D eigenvalue weighted by molar-refractivity contribution is 5.69. The molecule has 0 bridgehead atoms. The van der Waals surface area contributed by atoms with Gasteiger partial charge in [-0.3, -0.25) is 4.98 Å². The molecule has 2 heterocycles. The lowest BCUT2D eigenvalue weighted by atomic mass is 9.96. The predicted molar refractivity (Wildman–Crippen MR) is 64.7 cm³/mol. The topological polar surface area (TPSA) is 42.4 Å². The fourth-order valence-electron chi connectivity index (χ4n) is 1.85. The maximum absolute atomic E-state index is 13.5. The summed E-state index contributed by atoms with van der Waals surface area (Å²) in [5, 5.41) is 0. The van der Waals surface area contributed by atoms with Gasteiger partial charge in [-0.05, 0) is 20.8 Å². The van der Waals surface area contributed by atoms with Crippen molar-refractivity contribution < 1.29 is 18.3 Å². The molecule has 1 amide bonds. The zero-order valence-corrected chi connectivity index (χ0v) is 11.1. The van der Waals surface area contributed by atoms with E-state index < -0.39 is 23.3 Å². The fourth-order valence-corrected chi connectivity index (χ4v) is 1.85. The van der Waals surface area contributed by atoms with Gasteiger partial charge in [0.15, 0.2) is 0 Å². The van der Waals surface area contributed by atoms with Gasteiger partial charge in [-0.2, -0.15) is 0 Å². The fraction of sp³-hybridized carbons (Fsp3) is 0.538. The molecule has 0 saturated carbocycles. The average molecular weight is 270 g/mol. The minimum absolute atomic E-state index is 0.196. The lowest BCUT2D eigenvalue weighted by Gasteiger charge is -2.39. The van der Waals surface area contributed by atoms with Gasteiger partial charge in [-0.25, -0.2) is 13.6 Å². The van der Waals surface area contributed by atoms with E-state index in [9.17, 15) is 13.6 Å². The van der Waals surface area contributed by atoms with Crippen molar-refractivity contribution in [2.75, 3.05) is 13.1 Å². The van der Waals surface area contributed by atoms with Crippen molar-refractivity contribution in [3.05, 3.63) is 29.6 Å². The van der Waals surface area contributed by atoms with Crippen LogP contribution in [0.25, 0.3) is 0 Å². The highest BCUT2D eigenvalue weighted by Gasteiger charge is 2.36. The van der Waals surface area contributed by atoms with Crippen LogP contribution in [0.4, 0.5) is 13.6 Å². The van der Waals surface area contributed by atoms with Crippen LogP contribution in [-0.4, -0.2) is 34.7 Å². The average Bonchev–Trinajstić information content (AvgIpc) is 2.16. The summed E-state index contributed by atoms with van der Waals surface area (Å²) in [6.07, 6.45) is 0.556. The highest BCUT2D eigenvalue weighted by Crippen LogP contribution is 2.28. The molecule has 1 saturated heterocycles. The Hall–Kier alpha value is -1.72. The summed E-state index contributed by atoms with van der Waals surface area (Å²) < 4.78 is 31.4. The van der Waals surface area contributed by atoms with Crippen LogP contribution in [0.2, 0.25) is 0 Å². The summed E-state index contributed by atoms with van der Waals surface area (Å²) in [5.74, 6) is -1.58. The van der Waals surface area contributed by atoms with Crippen molar-refractivity contribution in [2.24, 2.45) is 0 Å². The number of ether oxygens (including phenoxy) is 1. The third kappa shape index (κ3) is 3.19. The van der Waals surface area contributed by atoms with Crippen LogP contribution in [-0.2, 0) is 4.74 Å². The number of amides is 1. The van der Waals surface area contributed by atoms with Crippen LogP contribution in [0.15, 0.2) is 12.3 Å². The van der Waals surface area contributed by atoms with Crippen LogP contribution in [0.1, 0.15) is 32.4 Å².